The molecule has 0 N–H and O–H groups in total. The molecule has 0 fully saturated rings. The van der Waals surface area contributed by atoms with E-state index in [0.29, 0.717) is 11.3 Å². The number of benzene rings is 2. The number of aromatic nitrogens is 1. The number of ketones is 1. The Morgan fingerprint density at radius 1 is 0.885 bits per heavy atom. The van der Waals surface area contributed by atoms with Crippen molar-refractivity contribution in [2.45, 2.75) is 34.1 Å². The summed E-state index contributed by atoms with van der Waals surface area (Å²) in [5.74, 6) is -0.0512. The minimum atomic E-state index is -0.0512. The fraction of sp³-hybridized carbons (Fsp3) is 0.217. The molecule has 1 heterocycles. The monoisotopic (exact) mass is 345 g/mol. The lowest BCUT2D eigenvalue weighted by molar-refractivity contribution is -0.612. The highest BCUT2D eigenvalue weighted by atomic mass is 16.5. The van der Waals surface area contributed by atoms with Crippen molar-refractivity contribution >= 4 is 5.78 Å². The highest BCUT2D eigenvalue weighted by molar-refractivity contribution is 5.97. The molecule has 0 amide bonds. The first-order chi connectivity index (χ1) is 12.4. The lowest BCUT2D eigenvalue weighted by Crippen LogP contribution is -2.30. The zero-order valence-electron chi connectivity index (χ0n) is 15.7. The molecule has 26 heavy (non-hydrogen) atoms. The molecule has 3 rings (SSSR count). The second kappa shape index (κ2) is 7.12. The highest BCUT2D eigenvalue weighted by Crippen LogP contribution is 2.27. The Labute approximate surface area is 154 Å². The zero-order valence-corrected chi connectivity index (χ0v) is 15.7. The van der Waals surface area contributed by atoms with Gasteiger partial charge in [0.05, 0.1) is 5.56 Å². The summed E-state index contributed by atoms with van der Waals surface area (Å²) in [5.41, 5.74) is 8.22. The molecule has 0 aliphatic carbocycles. The number of nitrogens with zero attached hydrogens (tertiary/aromatic N) is 1. The molecule has 3 nitrogen and oxygen atoms in total. The van der Waals surface area contributed by atoms with E-state index in [4.69, 9.17) is 0 Å². The van der Waals surface area contributed by atoms with Crippen LogP contribution in [0.5, 0.6) is 0 Å². The maximum atomic E-state index is 12.4. The van der Waals surface area contributed by atoms with E-state index in [2.05, 4.69) is 45.0 Å². The van der Waals surface area contributed by atoms with Crippen LogP contribution >= 0.6 is 0 Å². The molecule has 0 aliphatic rings. The Hall–Kier alpha value is -2.94. The Kier molecular flexibility index (Phi) is 4.90. The Bertz CT molecular complexity index is 972. The smallest absolute Gasteiger partial charge is 0.191 e. The van der Waals surface area contributed by atoms with Crippen LogP contribution in [-0.2, 0) is 6.42 Å². The van der Waals surface area contributed by atoms with Crippen LogP contribution in [-0.4, -0.2) is 5.78 Å². The topological polar surface area (TPSA) is 44.0 Å². The molecule has 0 spiro atoms. The van der Waals surface area contributed by atoms with E-state index < -0.39 is 0 Å². The minimum Gasteiger partial charge on any atom is -0.618 e. The van der Waals surface area contributed by atoms with Crippen LogP contribution in [0.2, 0.25) is 0 Å². The van der Waals surface area contributed by atoms with Gasteiger partial charge in [0.1, 0.15) is 0 Å². The number of pyridine rings is 1. The maximum Gasteiger partial charge on any atom is 0.191 e. The van der Waals surface area contributed by atoms with Crippen molar-refractivity contribution in [2.75, 3.05) is 0 Å². The molecule has 1 aromatic heterocycles. The van der Waals surface area contributed by atoms with Gasteiger partial charge in [-0.1, -0.05) is 36.4 Å². The lowest BCUT2D eigenvalue weighted by Gasteiger charge is -2.12. The molecular formula is C23H23NO2. The molecule has 0 saturated heterocycles. The van der Waals surface area contributed by atoms with Gasteiger partial charge in [-0.15, -0.1) is 0 Å². The molecule has 0 radical (unpaired) electrons. The van der Waals surface area contributed by atoms with Crippen molar-refractivity contribution in [3.8, 4) is 11.1 Å². The SMILES string of the molecule is Cc1ccc(-c2ccc(CC(=O)c3ccc(C)[n+]([O-])c3)cc2)c(C)c1C. The number of hydrogen-bond acceptors (Lipinski definition) is 2. The first kappa shape index (κ1) is 17.9. The van der Waals surface area contributed by atoms with Crippen LogP contribution in [0.4, 0.5) is 0 Å². The van der Waals surface area contributed by atoms with Crippen LogP contribution < -0.4 is 4.73 Å². The van der Waals surface area contributed by atoms with E-state index >= 15 is 0 Å². The van der Waals surface area contributed by atoms with Crippen LogP contribution in [0.3, 0.4) is 0 Å². The predicted octanol–water partition coefficient (Wildman–Crippen LogP) is 4.65. The van der Waals surface area contributed by atoms with Gasteiger partial charge in [-0.2, -0.15) is 4.73 Å². The van der Waals surface area contributed by atoms with Gasteiger partial charge in [-0.25, -0.2) is 0 Å². The lowest BCUT2D eigenvalue weighted by atomic mass is 9.93. The second-order valence-electron chi connectivity index (χ2n) is 6.86. The highest BCUT2D eigenvalue weighted by Gasteiger charge is 2.12. The normalized spacial score (nSPS) is 10.8. The third-order valence-electron chi connectivity index (χ3n) is 5.12. The zero-order chi connectivity index (χ0) is 18.8. The van der Waals surface area contributed by atoms with E-state index in [0.717, 1.165) is 15.9 Å². The van der Waals surface area contributed by atoms with Gasteiger partial charge in [0.25, 0.3) is 0 Å². The van der Waals surface area contributed by atoms with Gasteiger partial charge in [-0.3, -0.25) is 4.79 Å². The van der Waals surface area contributed by atoms with Gasteiger partial charge in [-0.05, 0) is 60.2 Å². The molecule has 0 aliphatic heterocycles. The minimum absolute atomic E-state index is 0.0512. The van der Waals surface area contributed by atoms with Crippen molar-refractivity contribution in [3.63, 3.8) is 0 Å². The van der Waals surface area contributed by atoms with E-state index in [1.807, 2.05) is 12.1 Å². The molecular weight excluding hydrogens is 322 g/mol. The molecule has 132 valence electrons. The van der Waals surface area contributed by atoms with Crippen LogP contribution in [0, 0.1) is 32.9 Å². The summed E-state index contributed by atoms with van der Waals surface area (Å²) in [4.78, 5) is 12.4. The number of hydrogen-bond donors (Lipinski definition) is 0. The fourth-order valence-corrected chi connectivity index (χ4v) is 3.08. The van der Waals surface area contributed by atoms with E-state index in [1.54, 1.807) is 19.1 Å². The average molecular weight is 345 g/mol. The molecule has 3 heteroatoms. The average Bonchev–Trinajstić information content (AvgIpc) is 2.63. The van der Waals surface area contributed by atoms with Crippen LogP contribution in [0.25, 0.3) is 11.1 Å². The van der Waals surface area contributed by atoms with Gasteiger partial charge in [0, 0.05) is 19.4 Å². The summed E-state index contributed by atoms with van der Waals surface area (Å²) in [6.07, 6.45) is 1.64. The van der Waals surface area contributed by atoms with Crippen molar-refractivity contribution in [2.24, 2.45) is 0 Å². The fourth-order valence-electron chi connectivity index (χ4n) is 3.08. The summed E-state index contributed by atoms with van der Waals surface area (Å²) < 4.78 is 0.735. The Balaban J connectivity index is 1.81. The number of carbonyl (C=O) groups is 1. The number of Topliss-reactive ketones (excluding diaryl/α,β-unsaturated/α-hetero) is 1. The van der Waals surface area contributed by atoms with Crippen molar-refractivity contribution in [1.82, 2.24) is 0 Å². The molecule has 0 bridgehead atoms. The maximum absolute atomic E-state index is 12.4. The third kappa shape index (κ3) is 3.52. The van der Waals surface area contributed by atoms with Crippen molar-refractivity contribution in [3.05, 3.63) is 93.4 Å². The molecule has 0 saturated carbocycles. The molecule has 3 aromatic rings. The largest absolute Gasteiger partial charge is 0.618 e. The van der Waals surface area contributed by atoms with Crippen LogP contribution in [0.1, 0.15) is 38.3 Å². The summed E-state index contributed by atoms with van der Waals surface area (Å²) in [6.45, 7) is 8.13. The number of aryl methyl sites for hydroxylation is 2. The Morgan fingerprint density at radius 2 is 1.58 bits per heavy atom. The number of rotatable bonds is 4. The Morgan fingerprint density at radius 3 is 2.23 bits per heavy atom. The van der Waals surface area contributed by atoms with Crippen LogP contribution in [0.15, 0.2) is 54.7 Å². The summed E-state index contributed by atoms with van der Waals surface area (Å²) in [5, 5.41) is 11.6. The summed E-state index contributed by atoms with van der Waals surface area (Å²) in [6, 6.07) is 15.8. The van der Waals surface area contributed by atoms with E-state index in [9.17, 15) is 10.0 Å². The van der Waals surface area contributed by atoms with Gasteiger partial charge < -0.3 is 5.21 Å². The predicted molar refractivity (Wildman–Crippen MR) is 104 cm³/mol. The first-order valence-electron chi connectivity index (χ1n) is 8.76. The van der Waals surface area contributed by atoms with Crippen molar-refractivity contribution in [1.29, 1.82) is 0 Å². The van der Waals surface area contributed by atoms with E-state index in [1.165, 1.54) is 28.5 Å². The quantitative estimate of drug-likeness (QED) is 0.392. The standard InChI is InChI=1S/C23H23NO2/c1-15-5-12-22(18(4)17(15)3)20-10-7-19(8-11-20)13-23(25)21-9-6-16(2)24(26)14-21/h5-12,14H,13H2,1-4H3. The third-order valence-corrected chi connectivity index (χ3v) is 5.12. The second-order valence-corrected chi connectivity index (χ2v) is 6.86. The summed E-state index contributed by atoms with van der Waals surface area (Å²) in [7, 11) is 0. The number of carbonyl (C=O) groups excluding carboxylic acids is 1. The first-order valence-corrected chi connectivity index (χ1v) is 8.76. The van der Waals surface area contributed by atoms with Gasteiger partial charge in [0.2, 0.25) is 0 Å². The van der Waals surface area contributed by atoms with E-state index in [-0.39, 0.29) is 12.2 Å². The summed E-state index contributed by atoms with van der Waals surface area (Å²) >= 11 is 0. The van der Waals surface area contributed by atoms with Crippen molar-refractivity contribution < 1.29 is 9.52 Å². The molecule has 2 aromatic carbocycles. The van der Waals surface area contributed by atoms with Gasteiger partial charge >= 0.3 is 0 Å². The molecule has 0 atom stereocenters. The van der Waals surface area contributed by atoms with Gasteiger partial charge in [0.15, 0.2) is 17.7 Å². The molecule has 0 unspecified atom stereocenters.